The third kappa shape index (κ3) is 1.61. The Hall–Kier alpha value is -2.42. The lowest BCUT2D eigenvalue weighted by atomic mass is 10.0. The Kier molecular flexibility index (Phi) is 2.22. The van der Waals surface area contributed by atoms with Gasteiger partial charge in [0.25, 0.3) is 0 Å². The lowest BCUT2D eigenvalue weighted by Crippen LogP contribution is -1.94. The molecular weight excluding hydrogens is 210 g/mol. The molecule has 3 nitrogen and oxygen atoms in total. The number of nitrogens with zero attached hydrogens (tertiary/aromatic N) is 2. The van der Waals surface area contributed by atoms with Gasteiger partial charge in [0.1, 0.15) is 12.1 Å². The van der Waals surface area contributed by atoms with Gasteiger partial charge in [0.2, 0.25) is 0 Å². The molecule has 0 amide bonds. The minimum Gasteiger partial charge on any atom is -0.383 e. The molecule has 0 aliphatic carbocycles. The first-order valence-corrected chi connectivity index (χ1v) is 5.41. The minimum atomic E-state index is 0.523. The van der Waals surface area contributed by atoms with Crippen LogP contribution in [0, 0.1) is 0 Å². The SMILES string of the molecule is Nc1ncnc2cccc(-c3ccccc3)c12. The van der Waals surface area contributed by atoms with Crippen LogP contribution in [-0.2, 0) is 0 Å². The minimum absolute atomic E-state index is 0.523. The van der Waals surface area contributed by atoms with Gasteiger partial charge in [-0.05, 0) is 17.2 Å². The molecule has 1 heterocycles. The van der Waals surface area contributed by atoms with Crippen molar-refractivity contribution >= 4 is 16.7 Å². The van der Waals surface area contributed by atoms with Crippen molar-refractivity contribution in [3.8, 4) is 11.1 Å². The normalized spacial score (nSPS) is 10.6. The number of nitrogen functional groups attached to an aromatic ring is 1. The van der Waals surface area contributed by atoms with E-state index in [4.69, 9.17) is 5.73 Å². The number of benzene rings is 2. The Morgan fingerprint density at radius 3 is 2.47 bits per heavy atom. The van der Waals surface area contributed by atoms with Gasteiger partial charge in [-0.2, -0.15) is 0 Å². The largest absolute Gasteiger partial charge is 0.383 e. The molecule has 3 aromatic rings. The topological polar surface area (TPSA) is 51.8 Å². The molecule has 82 valence electrons. The summed E-state index contributed by atoms with van der Waals surface area (Å²) in [6, 6.07) is 16.1. The van der Waals surface area contributed by atoms with Gasteiger partial charge in [-0.25, -0.2) is 9.97 Å². The lowest BCUT2D eigenvalue weighted by molar-refractivity contribution is 1.23. The number of hydrogen-bond acceptors (Lipinski definition) is 3. The van der Waals surface area contributed by atoms with Crippen LogP contribution in [0.25, 0.3) is 22.0 Å². The first kappa shape index (κ1) is 9.78. The predicted octanol–water partition coefficient (Wildman–Crippen LogP) is 2.88. The number of aromatic nitrogens is 2. The molecule has 0 bridgehead atoms. The monoisotopic (exact) mass is 221 g/mol. The molecule has 1 aromatic heterocycles. The Balaban J connectivity index is 2.38. The molecule has 0 unspecified atom stereocenters. The van der Waals surface area contributed by atoms with Crippen LogP contribution in [0.5, 0.6) is 0 Å². The zero-order valence-electron chi connectivity index (χ0n) is 9.17. The Morgan fingerprint density at radius 2 is 1.65 bits per heavy atom. The first-order valence-electron chi connectivity index (χ1n) is 5.41. The van der Waals surface area contributed by atoms with E-state index in [0.717, 1.165) is 22.0 Å². The molecule has 2 aromatic carbocycles. The van der Waals surface area contributed by atoms with E-state index in [1.54, 1.807) is 0 Å². The molecule has 3 rings (SSSR count). The summed E-state index contributed by atoms with van der Waals surface area (Å²) in [6.07, 6.45) is 1.49. The average Bonchev–Trinajstić information content (AvgIpc) is 2.39. The summed E-state index contributed by atoms with van der Waals surface area (Å²) in [5.74, 6) is 0.523. The highest BCUT2D eigenvalue weighted by Crippen LogP contribution is 2.29. The zero-order valence-corrected chi connectivity index (χ0v) is 9.17. The molecule has 0 spiro atoms. The smallest absolute Gasteiger partial charge is 0.135 e. The van der Waals surface area contributed by atoms with Crippen LogP contribution in [-0.4, -0.2) is 9.97 Å². The summed E-state index contributed by atoms with van der Waals surface area (Å²) in [4.78, 5) is 8.30. The highest BCUT2D eigenvalue weighted by atomic mass is 14.9. The van der Waals surface area contributed by atoms with E-state index >= 15 is 0 Å². The number of fused-ring (bicyclic) bond motifs is 1. The molecule has 3 heteroatoms. The lowest BCUT2D eigenvalue weighted by Gasteiger charge is -2.07. The van der Waals surface area contributed by atoms with Crippen molar-refractivity contribution in [2.45, 2.75) is 0 Å². The Labute approximate surface area is 98.9 Å². The fraction of sp³-hybridized carbons (Fsp3) is 0. The molecule has 0 aliphatic heterocycles. The van der Waals surface area contributed by atoms with Gasteiger partial charge in [0.15, 0.2) is 0 Å². The molecule has 0 saturated heterocycles. The van der Waals surface area contributed by atoms with Crippen molar-refractivity contribution in [2.75, 3.05) is 5.73 Å². The highest BCUT2D eigenvalue weighted by Gasteiger charge is 2.07. The summed E-state index contributed by atoms with van der Waals surface area (Å²) < 4.78 is 0. The number of anilines is 1. The molecule has 17 heavy (non-hydrogen) atoms. The van der Waals surface area contributed by atoms with Crippen molar-refractivity contribution in [3.63, 3.8) is 0 Å². The zero-order chi connectivity index (χ0) is 11.7. The maximum atomic E-state index is 5.94. The van der Waals surface area contributed by atoms with Crippen LogP contribution >= 0.6 is 0 Å². The first-order chi connectivity index (χ1) is 8.36. The molecule has 0 radical (unpaired) electrons. The van der Waals surface area contributed by atoms with E-state index in [1.165, 1.54) is 6.33 Å². The van der Waals surface area contributed by atoms with Crippen molar-refractivity contribution in [3.05, 3.63) is 54.9 Å². The van der Waals surface area contributed by atoms with Crippen LogP contribution in [0.15, 0.2) is 54.9 Å². The molecular formula is C14H11N3. The van der Waals surface area contributed by atoms with Crippen molar-refractivity contribution in [2.24, 2.45) is 0 Å². The van der Waals surface area contributed by atoms with Gasteiger partial charge in [-0.15, -0.1) is 0 Å². The molecule has 0 fully saturated rings. The van der Waals surface area contributed by atoms with E-state index in [-0.39, 0.29) is 0 Å². The predicted molar refractivity (Wildman–Crippen MR) is 69.4 cm³/mol. The molecule has 0 aliphatic rings. The summed E-state index contributed by atoms with van der Waals surface area (Å²) in [5.41, 5.74) is 9.01. The van der Waals surface area contributed by atoms with Gasteiger partial charge in [-0.1, -0.05) is 42.5 Å². The highest BCUT2D eigenvalue weighted by molar-refractivity contribution is 6.00. The summed E-state index contributed by atoms with van der Waals surface area (Å²) in [6.45, 7) is 0. The average molecular weight is 221 g/mol. The van der Waals surface area contributed by atoms with Gasteiger partial charge >= 0.3 is 0 Å². The summed E-state index contributed by atoms with van der Waals surface area (Å²) >= 11 is 0. The maximum Gasteiger partial charge on any atom is 0.135 e. The second kappa shape index (κ2) is 3.87. The van der Waals surface area contributed by atoms with Crippen LogP contribution in [0.4, 0.5) is 5.82 Å². The third-order valence-corrected chi connectivity index (χ3v) is 2.78. The van der Waals surface area contributed by atoms with Gasteiger partial charge < -0.3 is 5.73 Å². The van der Waals surface area contributed by atoms with Gasteiger partial charge in [0, 0.05) is 0 Å². The number of hydrogen-bond donors (Lipinski definition) is 1. The van der Waals surface area contributed by atoms with E-state index in [0.29, 0.717) is 5.82 Å². The van der Waals surface area contributed by atoms with E-state index in [9.17, 15) is 0 Å². The second-order valence-electron chi connectivity index (χ2n) is 3.82. The number of rotatable bonds is 1. The van der Waals surface area contributed by atoms with Gasteiger partial charge in [0.05, 0.1) is 10.9 Å². The maximum absolute atomic E-state index is 5.94. The Morgan fingerprint density at radius 1 is 0.824 bits per heavy atom. The molecule has 0 saturated carbocycles. The second-order valence-corrected chi connectivity index (χ2v) is 3.82. The van der Waals surface area contributed by atoms with Crippen molar-refractivity contribution in [1.82, 2.24) is 9.97 Å². The van der Waals surface area contributed by atoms with E-state index < -0.39 is 0 Å². The summed E-state index contributed by atoms with van der Waals surface area (Å²) in [7, 11) is 0. The molecule has 0 atom stereocenters. The van der Waals surface area contributed by atoms with Crippen LogP contribution in [0.2, 0.25) is 0 Å². The van der Waals surface area contributed by atoms with Crippen LogP contribution in [0.1, 0.15) is 0 Å². The third-order valence-electron chi connectivity index (χ3n) is 2.78. The van der Waals surface area contributed by atoms with Crippen molar-refractivity contribution < 1.29 is 0 Å². The quantitative estimate of drug-likeness (QED) is 0.687. The Bertz CT molecular complexity index is 657. The fourth-order valence-corrected chi connectivity index (χ4v) is 1.99. The van der Waals surface area contributed by atoms with Crippen LogP contribution < -0.4 is 5.73 Å². The van der Waals surface area contributed by atoms with Crippen LogP contribution in [0.3, 0.4) is 0 Å². The fourth-order valence-electron chi connectivity index (χ4n) is 1.99. The van der Waals surface area contributed by atoms with E-state index in [2.05, 4.69) is 22.1 Å². The molecule has 2 N–H and O–H groups in total. The van der Waals surface area contributed by atoms with E-state index in [1.807, 2.05) is 36.4 Å². The standard InChI is InChI=1S/C14H11N3/c15-14-13-11(10-5-2-1-3-6-10)7-4-8-12(13)16-9-17-14/h1-9H,(H2,15,16,17). The summed E-state index contributed by atoms with van der Waals surface area (Å²) in [5, 5.41) is 0.918. The van der Waals surface area contributed by atoms with Gasteiger partial charge in [-0.3, -0.25) is 0 Å². The number of nitrogens with two attached hydrogens (primary N) is 1. The van der Waals surface area contributed by atoms with Crippen molar-refractivity contribution in [1.29, 1.82) is 0 Å².